The van der Waals surface area contributed by atoms with Crippen LogP contribution < -0.4 is 11.2 Å². The molecule has 2 aromatic rings. The van der Waals surface area contributed by atoms with E-state index in [9.17, 15) is 4.39 Å². The van der Waals surface area contributed by atoms with Gasteiger partial charge in [0.15, 0.2) is 5.84 Å². The Hall–Kier alpha value is -3.68. The molecule has 1 aliphatic rings. The molecule has 1 aromatic heterocycles. The van der Waals surface area contributed by atoms with Crippen LogP contribution in [-0.4, -0.2) is 42.7 Å². The lowest BCUT2D eigenvalue weighted by Gasteiger charge is -2.21. The van der Waals surface area contributed by atoms with E-state index in [-0.39, 0.29) is 17.4 Å². The van der Waals surface area contributed by atoms with E-state index in [1.807, 2.05) is 6.07 Å². The van der Waals surface area contributed by atoms with E-state index < -0.39 is 0 Å². The second kappa shape index (κ2) is 7.28. The first-order valence-corrected chi connectivity index (χ1v) is 8.04. The van der Waals surface area contributed by atoms with Crippen LogP contribution in [-0.2, 0) is 0 Å². The number of aliphatic imine (C=N–C) groups is 2. The topological polar surface area (TPSA) is 104 Å². The Morgan fingerprint density at radius 3 is 2.33 bits per heavy atom. The summed E-state index contributed by atoms with van der Waals surface area (Å²) >= 11 is 0. The quantitative estimate of drug-likeness (QED) is 0.800. The maximum Gasteiger partial charge on any atom is 0.151 e. The summed E-state index contributed by atoms with van der Waals surface area (Å²) in [6.07, 6.45) is 1.73. The summed E-state index contributed by atoms with van der Waals surface area (Å²) < 4.78 is 14.9. The number of nitrogens with two attached hydrogens (primary N) is 1. The lowest BCUT2D eigenvalue weighted by molar-refractivity contribution is 0.627. The van der Waals surface area contributed by atoms with E-state index in [0.717, 1.165) is 0 Å². The standard InChI is InChI=1S/C19H18FN7/c1-23-14-9-6-12(10-27(14)25-3)15-17(11-4-7-13(20)8-5-11)26-19(22)16(21)18(15)24-2/h4-10,21H,3H2,1-2H3,(H2,22,26). The SMILES string of the molecule is C=Nn1cc(C2=C(c3ccc(F)cc3)N=C(N)C(=N)C2=NC)ccc1=NC. The monoisotopic (exact) mass is 363 g/mol. The van der Waals surface area contributed by atoms with Crippen molar-refractivity contribution in [2.45, 2.75) is 0 Å². The maximum atomic E-state index is 13.4. The van der Waals surface area contributed by atoms with E-state index in [0.29, 0.717) is 33.6 Å². The smallest absolute Gasteiger partial charge is 0.151 e. The van der Waals surface area contributed by atoms with Crippen LogP contribution in [0.3, 0.4) is 0 Å². The van der Waals surface area contributed by atoms with Gasteiger partial charge in [-0.05, 0) is 36.4 Å². The molecule has 2 heterocycles. The molecule has 0 unspecified atom stereocenters. The molecule has 0 radical (unpaired) electrons. The molecule has 8 heteroatoms. The van der Waals surface area contributed by atoms with Crippen molar-refractivity contribution in [3.8, 4) is 0 Å². The first-order chi connectivity index (χ1) is 13.0. The van der Waals surface area contributed by atoms with E-state index in [4.69, 9.17) is 11.1 Å². The molecule has 0 atom stereocenters. The van der Waals surface area contributed by atoms with Gasteiger partial charge in [0.05, 0.1) is 11.4 Å². The normalized spacial score (nSPS) is 16.7. The minimum Gasteiger partial charge on any atom is -0.382 e. The zero-order valence-corrected chi connectivity index (χ0v) is 14.9. The molecular formula is C19H18FN7. The Labute approximate surface area is 155 Å². The fourth-order valence-electron chi connectivity index (χ4n) is 2.82. The van der Waals surface area contributed by atoms with Gasteiger partial charge in [0.2, 0.25) is 0 Å². The third-order valence-corrected chi connectivity index (χ3v) is 4.12. The van der Waals surface area contributed by atoms with Gasteiger partial charge in [-0.15, -0.1) is 0 Å². The molecule has 0 saturated heterocycles. The van der Waals surface area contributed by atoms with E-state index >= 15 is 0 Å². The molecule has 1 aliphatic heterocycles. The molecule has 0 fully saturated rings. The summed E-state index contributed by atoms with van der Waals surface area (Å²) in [5.41, 5.74) is 9.42. The van der Waals surface area contributed by atoms with Gasteiger partial charge in [-0.1, -0.05) is 0 Å². The van der Waals surface area contributed by atoms with Crippen molar-refractivity contribution in [3.63, 3.8) is 0 Å². The molecule has 7 nitrogen and oxygen atoms in total. The summed E-state index contributed by atoms with van der Waals surface area (Å²) in [5.74, 6) is -0.304. The largest absolute Gasteiger partial charge is 0.382 e. The second-order valence-corrected chi connectivity index (χ2v) is 5.66. The number of nitrogens with one attached hydrogen (secondary N) is 1. The van der Waals surface area contributed by atoms with E-state index in [1.54, 1.807) is 38.5 Å². The van der Waals surface area contributed by atoms with Crippen LogP contribution in [0.15, 0.2) is 62.7 Å². The van der Waals surface area contributed by atoms with Crippen LogP contribution in [0.2, 0.25) is 0 Å². The van der Waals surface area contributed by atoms with Crippen molar-refractivity contribution in [2.24, 2.45) is 25.8 Å². The zero-order chi connectivity index (χ0) is 19.6. The molecule has 0 aliphatic carbocycles. The molecular weight excluding hydrogens is 345 g/mol. The summed E-state index contributed by atoms with van der Waals surface area (Å²) in [6.45, 7) is 3.55. The van der Waals surface area contributed by atoms with Crippen molar-refractivity contribution >= 4 is 35.2 Å². The number of nitrogens with zero attached hydrogens (tertiary/aromatic N) is 5. The summed E-state index contributed by atoms with van der Waals surface area (Å²) in [7, 11) is 3.24. The number of aromatic nitrogens is 1. The number of hydrogen-bond acceptors (Lipinski definition) is 6. The predicted octanol–water partition coefficient (Wildman–Crippen LogP) is 1.95. The highest BCUT2D eigenvalue weighted by atomic mass is 19.1. The van der Waals surface area contributed by atoms with Gasteiger partial charge >= 0.3 is 0 Å². The van der Waals surface area contributed by atoms with Crippen LogP contribution in [0.4, 0.5) is 4.39 Å². The van der Waals surface area contributed by atoms with Crippen molar-refractivity contribution in [1.29, 1.82) is 5.41 Å². The third kappa shape index (κ3) is 3.24. The van der Waals surface area contributed by atoms with Gasteiger partial charge in [0.1, 0.15) is 17.0 Å². The Morgan fingerprint density at radius 2 is 1.74 bits per heavy atom. The number of amidine groups is 1. The van der Waals surface area contributed by atoms with Crippen molar-refractivity contribution in [3.05, 3.63) is 65.0 Å². The Balaban J connectivity index is 2.37. The zero-order valence-electron chi connectivity index (χ0n) is 14.9. The lowest BCUT2D eigenvalue weighted by Crippen LogP contribution is -2.34. The molecule has 1 aromatic carbocycles. The second-order valence-electron chi connectivity index (χ2n) is 5.66. The Bertz CT molecular complexity index is 1090. The molecule has 0 saturated carbocycles. The van der Waals surface area contributed by atoms with E-state index in [1.165, 1.54) is 16.8 Å². The van der Waals surface area contributed by atoms with Gasteiger partial charge in [0, 0.05) is 43.7 Å². The number of halogens is 1. The number of pyridine rings is 1. The van der Waals surface area contributed by atoms with Crippen molar-refractivity contribution < 1.29 is 4.39 Å². The lowest BCUT2D eigenvalue weighted by atomic mass is 9.91. The van der Waals surface area contributed by atoms with Gasteiger partial charge in [-0.3, -0.25) is 15.4 Å². The average Bonchev–Trinajstić information content (AvgIpc) is 2.69. The van der Waals surface area contributed by atoms with Gasteiger partial charge in [-0.2, -0.15) is 5.10 Å². The highest BCUT2D eigenvalue weighted by Gasteiger charge is 2.27. The average molecular weight is 363 g/mol. The van der Waals surface area contributed by atoms with Gasteiger partial charge in [-0.25, -0.2) is 14.1 Å². The summed E-state index contributed by atoms with van der Waals surface area (Å²) in [5, 5.41) is 12.2. The summed E-state index contributed by atoms with van der Waals surface area (Å²) in [6, 6.07) is 9.52. The van der Waals surface area contributed by atoms with E-state index in [2.05, 4.69) is 26.8 Å². The minimum absolute atomic E-state index is 0.0285. The predicted molar refractivity (Wildman–Crippen MR) is 107 cm³/mol. The van der Waals surface area contributed by atoms with Gasteiger partial charge in [0.25, 0.3) is 0 Å². The molecule has 3 rings (SSSR count). The van der Waals surface area contributed by atoms with Crippen molar-refractivity contribution in [2.75, 3.05) is 14.1 Å². The van der Waals surface area contributed by atoms with Crippen LogP contribution in [0.5, 0.6) is 0 Å². The van der Waals surface area contributed by atoms with Crippen LogP contribution in [0.25, 0.3) is 11.3 Å². The molecule has 136 valence electrons. The molecule has 0 bridgehead atoms. The first-order valence-electron chi connectivity index (χ1n) is 8.04. The Morgan fingerprint density at radius 1 is 1.07 bits per heavy atom. The third-order valence-electron chi connectivity index (χ3n) is 4.12. The van der Waals surface area contributed by atoms with Crippen LogP contribution in [0.1, 0.15) is 11.1 Å². The Kier molecular flexibility index (Phi) is 4.89. The van der Waals surface area contributed by atoms with Crippen LogP contribution in [0, 0.1) is 11.2 Å². The highest BCUT2D eigenvalue weighted by Crippen LogP contribution is 2.31. The number of allylic oxidation sites excluding steroid dienone is 1. The highest BCUT2D eigenvalue weighted by molar-refractivity contribution is 6.77. The fourth-order valence-corrected chi connectivity index (χ4v) is 2.82. The molecule has 27 heavy (non-hydrogen) atoms. The molecule has 0 spiro atoms. The number of benzene rings is 1. The summed E-state index contributed by atoms with van der Waals surface area (Å²) in [4.78, 5) is 12.8. The van der Waals surface area contributed by atoms with Gasteiger partial charge < -0.3 is 5.73 Å². The minimum atomic E-state index is -0.353. The number of hydrogen-bond donors (Lipinski definition) is 2. The maximum absolute atomic E-state index is 13.4. The fraction of sp³-hybridized carbons (Fsp3) is 0.105. The first kappa shape index (κ1) is 18.1. The van der Waals surface area contributed by atoms with Crippen molar-refractivity contribution in [1.82, 2.24) is 4.68 Å². The van der Waals surface area contributed by atoms with Crippen LogP contribution >= 0.6 is 0 Å². The molecule has 3 N–H and O–H groups in total. The number of rotatable bonds is 3. The molecule has 0 amide bonds.